The minimum absolute atomic E-state index is 0.0849. The number of para-hydroxylation sites is 4. The Morgan fingerprint density at radius 2 is 0.521 bits per heavy atom. The van der Waals surface area contributed by atoms with Crippen molar-refractivity contribution in [2.75, 3.05) is 0 Å². The number of carbonyl (C=O) groups excluding carboxylic acids is 2. The lowest BCUT2D eigenvalue weighted by molar-refractivity contribution is 0.102. The summed E-state index contributed by atoms with van der Waals surface area (Å²) in [6, 6.07) is 55.9. The predicted octanol–water partition coefficient (Wildman–Crippen LogP) is 10.3. The molecule has 0 bridgehead atoms. The predicted molar refractivity (Wildman–Crippen MR) is 195 cm³/mol. The highest BCUT2D eigenvalue weighted by Crippen LogP contribution is 2.33. The maximum Gasteiger partial charge on any atom is 0.193 e. The summed E-state index contributed by atoms with van der Waals surface area (Å²) in [6.07, 6.45) is 0. The van der Waals surface area contributed by atoms with E-state index >= 15 is 0 Å². The Balaban J connectivity index is 0.963. The number of hydrogen-bond donors (Lipinski definition) is 0. The van der Waals surface area contributed by atoms with Crippen LogP contribution in [0.4, 0.5) is 0 Å². The third-order valence-corrected chi connectivity index (χ3v) is 9.34. The van der Waals surface area contributed by atoms with E-state index in [2.05, 4.69) is 81.9 Å². The second kappa shape index (κ2) is 11.1. The quantitative estimate of drug-likeness (QED) is 0.175. The minimum atomic E-state index is -0.0849. The monoisotopic (exact) mass is 616 g/mol. The summed E-state index contributed by atoms with van der Waals surface area (Å²) in [5, 5.41) is 4.79. The van der Waals surface area contributed by atoms with Gasteiger partial charge in [-0.05, 0) is 72.8 Å². The molecular weight excluding hydrogens is 588 g/mol. The molecule has 0 aliphatic carbocycles. The van der Waals surface area contributed by atoms with Gasteiger partial charge in [0.05, 0.1) is 22.1 Å². The lowest BCUT2D eigenvalue weighted by Crippen LogP contribution is -2.05. The molecule has 0 aliphatic rings. The van der Waals surface area contributed by atoms with Crippen molar-refractivity contribution in [1.82, 2.24) is 9.13 Å². The lowest BCUT2D eigenvalue weighted by Gasteiger charge is -2.10. The van der Waals surface area contributed by atoms with Crippen molar-refractivity contribution < 1.29 is 9.59 Å². The Morgan fingerprint density at radius 1 is 0.292 bits per heavy atom. The molecule has 2 aromatic heterocycles. The van der Waals surface area contributed by atoms with Crippen LogP contribution in [0.15, 0.2) is 170 Å². The maximum atomic E-state index is 13.5. The topological polar surface area (TPSA) is 44.0 Å². The van der Waals surface area contributed by atoms with E-state index in [9.17, 15) is 9.59 Å². The van der Waals surface area contributed by atoms with Gasteiger partial charge in [0.15, 0.2) is 11.6 Å². The summed E-state index contributed by atoms with van der Waals surface area (Å²) < 4.78 is 4.46. The molecule has 0 atom stereocenters. The van der Waals surface area contributed by atoms with Gasteiger partial charge in [0.1, 0.15) is 0 Å². The molecule has 0 unspecified atom stereocenters. The van der Waals surface area contributed by atoms with Crippen LogP contribution in [0.5, 0.6) is 0 Å². The average molecular weight is 617 g/mol. The highest BCUT2D eigenvalue weighted by Gasteiger charge is 2.16. The first kappa shape index (κ1) is 27.8. The van der Waals surface area contributed by atoms with Crippen LogP contribution in [0, 0.1) is 0 Å². The largest absolute Gasteiger partial charge is 0.309 e. The summed E-state index contributed by atoms with van der Waals surface area (Å²) in [4.78, 5) is 26.9. The highest BCUT2D eigenvalue weighted by atomic mass is 16.1. The van der Waals surface area contributed by atoms with Crippen molar-refractivity contribution >= 4 is 55.2 Å². The standard InChI is InChI=1S/C44H28N2O2/c47-43(31-21-25-33(26-22-31)45-39-13-5-1-9-35(39)36-10-2-6-14-40(36)45)29-17-19-30(20-18-29)44(48)32-23-27-34(28-24-32)46-41-15-7-3-11-37(41)38-12-4-8-16-42(38)46/h1-28H. The maximum absolute atomic E-state index is 13.5. The first-order valence-corrected chi connectivity index (χ1v) is 16.0. The van der Waals surface area contributed by atoms with Crippen LogP contribution in [-0.2, 0) is 0 Å². The number of ketones is 2. The van der Waals surface area contributed by atoms with E-state index in [1.54, 1.807) is 24.3 Å². The number of nitrogens with zero attached hydrogens (tertiary/aromatic N) is 2. The number of rotatable bonds is 6. The summed E-state index contributed by atoms with van der Waals surface area (Å²) in [6.45, 7) is 0. The second-order valence-corrected chi connectivity index (χ2v) is 12.1. The first-order valence-electron chi connectivity index (χ1n) is 16.0. The van der Waals surface area contributed by atoms with Crippen molar-refractivity contribution in [3.63, 3.8) is 0 Å². The zero-order valence-corrected chi connectivity index (χ0v) is 25.9. The summed E-state index contributed by atoms with van der Waals surface area (Å²) in [7, 11) is 0. The number of hydrogen-bond acceptors (Lipinski definition) is 2. The molecule has 0 radical (unpaired) electrons. The van der Waals surface area contributed by atoms with Crippen LogP contribution in [0.1, 0.15) is 31.8 Å². The number of benzene rings is 7. The first-order chi connectivity index (χ1) is 23.7. The van der Waals surface area contributed by atoms with Gasteiger partial charge in [-0.2, -0.15) is 0 Å². The molecule has 4 heteroatoms. The smallest absolute Gasteiger partial charge is 0.193 e. The molecule has 48 heavy (non-hydrogen) atoms. The average Bonchev–Trinajstić information content (AvgIpc) is 3.68. The van der Waals surface area contributed by atoms with Crippen LogP contribution in [-0.4, -0.2) is 20.7 Å². The molecule has 0 spiro atoms. The van der Waals surface area contributed by atoms with Gasteiger partial charge < -0.3 is 9.13 Å². The molecule has 226 valence electrons. The zero-order chi connectivity index (χ0) is 32.2. The molecule has 2 heterocycles. The van der Waals surface area contributed by atoms with E-state index in [1.165, 1.54) is 21.5 Å². The fraction of sp³-hybridized carbons (Fsp3) is 0. The molecule has 7 aromatic carbocycles. The van der Waals surface area contributed by atoms with E-state index in [1.807, 2.05) is 72.8 Å². The van der Waals surface area contributed by atoms with E-state index in [4.69, 9.17) is 0 Å². The van der Waals surface area contributed by atoms with E-state index in [0.29, 0.717) is 22.3 Å². The molecule has 0 N–H and O–H groups in total. The number of fused-ring (bicyclic) bond motifs is 6. The zero-order valence-electron chi connectivity index (χ0n) is 25.9. The Kier molecular flexibility index (Phi) is 6.41. The van der Waals surface area contributed by atoms with E-state index in [-0.39, 0.29) is 11.6 Å². The van der Waals surface area contributed by atoms with Crippen LogP contribution in [0.2, 0.25) is 0 Å². The van der Waals surface area contributed by atoms with Gasteiger partial charge in [-0.1, -0.05) is 97.1 Å². The van der Waals surface area contributed by atoms with Crippen LogP contribution < -0.4 is 0 Å². The molecule has 9 aromatic rings. The Hall–Kier alpha value is -6.52. The minimum Gasteiger partial charge on any atom is -0.309 e. The summed E-state index contributed by atoms with van der Waals surface area (Å²) in [5.41, 5.74) is 8.76. The molecular formula is C44H28N2O2. The molecule has 0 aliphatic heterocycles. The Labute approximate surface area is 276 Å². The summed E-state index contributed by atoms with van der Waals surface area (Å²) in [5.74, 6) is -0.170. The lowest BCUT2D eigenvalue weighted by atomic mass is 9.98. The fourth-order valence-corrected chi connectivity index (χ4v) is 7.03. The Bertz CT molecular complexity index is 2380. The number of carbonyl (C=O) groups is 2. The third kappa shape index (κ3) is 4.38. The fourth-order valence-electron chi connectivity index (χ4n) is 7.03. The van der Waals surface area contributed by atoms with Crippen molar-refractivity contribution in [2.45, 2.75) is 0 Å². The molecule has 0 fully saturated rings. The van der Waals surface area contributed by atoms with Gasteiger partial charge in [0.2, 0.25) is 0 Å². The van der Waals surface area contributed by atoms with Crippen molar-refractivity contribution in [2.24, 2.45) is 0 Å². The van der Waals surface area contributed by atoms with Crippen molar-refractivity contribution in [1.29, 1.82) is 0 Å². The van der Waals surface area contributed by atoms with E-state index in [0.717, 1.165) is 33.4 Å². The van der Waals surface area contributed by atoms with Gasteiger partial charge in [0, 0.05) is 55.2 Å². The second-order valence-electron chi connectivity index (χ2n) is 12.1. The highest BCUT2D eigenvalue weighted by molar-refractivity contribution is 6.13. The van der Waals surface area contributed by atoms with Gasteiger partial charge in [0.25, 0.3) is 0 Å². The van der Waals surface area contributed by atoms with Crippen LogP contribution in [0.25, 0.3) is 55.0 Å². The van der Waals surface area contributed by atoms with Gasteiger partial charge in [-0.25, -0.2) is 0 Å². The SMILES string of the molecule is O=C(c1ccc(C(=O)c2ccc(-n3c4ccccc4c4ccccc43)cc2)cc1)c1ccc(-n2c3ccccc3c3ccccc32)cc1. The number of aromatic nitrogens is 2. The molecule has 9 rings (SSSR count). The van der Waals surface area contributed by atoms with Crippen molar-refractivity contribution in [3.05, 3.63) is 192 Å². The van der Waals surface area contributed by atoms with E-state index < -0.39 is 0 Å². The van der Waals surface area contributed by atoms with Crippen LogP contribution in [0.3, 0.4) is 0 Å². The third-order valence-electron chi connectivity index (χ3n) is 9.34. The Morgan fingerprint density at radius 3 is 0.792 bits per heavy atom. The normalized spacial score (nSPS) is 11.5. The van der Waals surface area contributed by atoms with Crippen LogP contribution >= 0.6 is 0 Å². The van der Waals surface area contributed by atoms with Gasteiger partial charge in [-0.3, -0.25) is 9.59 Å². The molecule has 0 saturated carbocycles. The van der Waals surface area contributed by atoms with Gasteiger partial charge in [-0.15, -0.1) is 0 Å². The molecule has 4 nitrogen and oxygen atoms in total. The molecule has 0 amide bonds. The molecule has 0 saturated heterocycles. The van der Waals surface area contributed by atoms with Gasteiger partial charge >= 0.3 is 0 Å². The summed E-state index contributed by atoms with van der Waals surface area (Å²) >= 11 is 0. The van der Waals surface area contributed by atoms with Crippen molar-refractivity contribution in [3.8, 4) is 11.4 Å².